The molecule has 21 heavy (non-hydrogen) atoms. The Bertz CT molecular complexity index is 589. The maximum Gasteiger partial charge on any atom is 0.124 e. The summed E-state index contributed by atoms with van der Waals surface area (Å²) >= 11 is 0. The number of nitrogens with one attached hydrogen (secondary N) is 1. The molecule has 0 spiro atoms. The van der Waals surface area contributed by atoms with E-state index in [2.05, 4.69) is 42.6 Å². The van der Waals surface area contributed by atoms with Gasteiger partial charge in [-0.1, -0.05) is 48.5 Å². The molecular formula is C18H21NO2. The zero-order chi connectivity index (χ0) is 14.7. The number of ether oxygens (including phenoxy) is 2. The Morgan fingerprint density at radius 2 is 1.81 bits per heavy atom. The third-order valence-electron chi connectivity index (χ3n) is 4.15. The highest BCUT2D eigenvalue weighted by Crippen LogP contribution is 2.33. The Morgan fingerprint density at radius 1 is 1.10 bits per heavy atom. The molecule has 3 heteroatoms. The minimum Gasteiger partial charge on any atom is -0.496 e. The van der Waals surface area contributed by atoms with Crippen molar-refractivity contribution >= 4 is 0 Å². The average Bonchev–Trinajstić information content (AvgIpc) is 2.56. The van der Waals surface area contributed by atoms with Gasteiger partial charge >= 0.3 is 0 Å². The van der Waals surface area contributed by atoms with E-state index in [1.165, 1.54) is 5.56 Å². The Labute approximate surface area is 125 Å². The van der Waals surface area contributed by atoms with E-state index in [0.29, 0.717) is 6.61 Å². The quantitative estimate of drug-likeness (QED) is 0.938. The van der Waals surface area contributed by atoms with E-state index in [9.17, 15) is 0 Å². The second-order valence-electron chi connectivity index (χ2n) is 5.62. The van der Waals surface area contributed by atoms with Crippen LogP contribution < -0.4 is 10.1 Å². The highest BCUT2D eigenvalue weighted by atomic mass is 16.5. The molecule has 0 amide bonds. The van der Waals surface area contributed by atoms with Crippen molar-refractivity contribution in [3.8, 4) is 5.75 Å². The highest BCUT2D eigenvalue weighted by molar-refractivity contribution is 5.36. The molecule has 0 bridgehead atoms. The van der Waals surface area contributed by atoms with Crippen molar-refractivity contribution in [3.05, 3.63) is 65.7 Å². The monoisotopic (exact) mass is 283 g/mol. The van der Waals surface area contributed by atoms with Gasteiger partial charge in [0, 0.05) is 12.1 Å². The molecule has 0 aliphatic carbocycles. The van der Waals surface area contributed by atoms with Crippen LogP contribution >= 0.6 is 0 Å². The normalized spacial score (nSPS) is 25.5. The van der Waals surface area contributed by atoms with Gasteiger partial charge in [0.25, 0.3) is 0 Å². The summed E-state index contributed by atoms with van der Waals surface area (Å²) in [7, 11) is 1.70. The summed E-state index contributed by atoms with van der Waals surface area (Å²) in [5.41, 5.74) is 2.21. The first-order chi connectivity index (χ1) is 10.2. The molecular weight excluding hydrogens is 262 g/mol. The Kier molecular flexibility index (Phi) is 3.95. The van der Waals surface area contributed by atoms with Crippen molar-refractivity contribution in [3.63, 3.8) is 0 Å². The number of benzene rings is 2. The number of hydrogen-bond donors (Lipinski definition) is 1. The number of morpholine rings is 1. The molecule has 0 saturated carbocycles. The second kappa shape index (κ2) is 5.88. The Balaban J connectivity index is 1.76. The summed E-state index contributed by atoms with van der Waals surface area (Å²) in [6.45, 7) is 3.59. The van der Waals surface area contributed by atoms with Crippen LogP contribution in [-0.2, 0) is 10.3 Å². The third-order valence-corrected chi connectivity index (χ3v) is 4.15. The van der Waals surface area contributed by atoms with Crippen molar-refractivity contribution in [2.45, 2.75) is 18.6 Å². The van der Waals surface area contributed by atoms with Gasteiger partial charge in [0.15, 0.2) is 0 Å². The van der Waals surface area contributed by atoms with Gasteiger partial charge < -0.3 is 14.8 Å². The van der Waals surface area contributed by atoms with Gasteiger partial charge in [0.1, 0.15) is 5.75 Å². The summed E-state index contributed by atoms with van der Waals surface area (Å²) in [6, 6.07) is 18.5. The van der Waals surface area contributed by atoms with Crippen LogP contribution in [0.15, 0.2) is 54.6 Å². The molecule has 1 saturated heterocycles. The summed E-state index contributed by atoms with van der Waals surface area (Å²) in [6.07, 6.45) is 0.0259. The van der Waals surface area contributed by atoms with Gasteiger partial charge in [-0.15, -0.1) is 0 Å². The molecule has 110 valence electrons. The highest BCUT2D eigenvalue weighted by Gasteiger charge is 2.34. The molecule has 0 aromatic heterocycles. The van der Waals surface area contributed by atoms with E-state index in [1.807, 2.05) is 24.3 Å². The lowest BCUT2D eigenvalue weighted by Crippen LogP contribution is -2.50. The fourth-order valence-corrected chi connectivity index (χ4v) is 2.82. The van der Waals surface area contributed by atoms with Crippen molar-refractivity contribution in [1.82, 2.24) is 5.32 Å². The van der Waals surface area contributed by atoms with Crippen LogP contribution in [0.2, 0.25) is 0 Å². The SMILES string of the molecule is COc1ccccc1C1CNC(C)(c2ccccc2)CO1. The molecule has 2 aromatic carbocycles. The van der Waals surface area contributed by atoms with Crippen molar-refractivity contribution < 1.29 is 9.47 Å². The van der Waals surface area contributed by atoms with E-state index in [4.69, 9.17) is 9.47 Å². The zero-order valence-corrected chi connectivity index (χ0v) is 12.5. The lowest BCUT2D eigenvalue weighted by atomic mass is 9.90. The van der Waals surface area contributed by atoms with E-state index < -0.39 is 0 Å². The average molecular weight is 283 g/mol. The predicted molar refractivity (Wildman–Crippen MR) is 83.5 cm³/mol. The molecule has 1 heterocycles. The van der Waals surface area contributed by atoms with Crippen LogP contribution in [0.25, 0.3) is 0 Å². The molecule has 1 aliphatic rings. The fourth-order valence-electron chi connectivity index (χ4n) is 2.82. The van der Waals surface area contributed by atoms with Crippen molar-refractivity contribution in [1.29, 1.82) is 0 Å². The standard InChI is InChI=1S/C18H21NO2/c1-18(14-8-4-3-5-9-14)13-21-17(12-19-18)15-10-6-7-11-16(15)20-2/h3-11,17,19H,12-13H2,1-2H3. The number of hydrogen-bond acceptors (Lipinski definition) is 3. The molecule has 1 N–H and O–H groups in total. The maximum atomic E-state index is 6.13. The first-order valence-corrected chi connectivity index (χ1v) is 7.28. The lowest BCUT2D eigenvalue weighted by molar-refractivity contribution is -0.0316. The van der Waals surface area contributed by atoms with Gasteiger partial charge in [-0.3, -0.25) is 0 Å². The molecule has 2 unspecified atom stereocenters. The van der Waals surface area contributed by atoms with Crippen molar-refractivity contribution in [2.24, 2.45) is 0 Å². The van der Waals surface area contributed by atoms with Gasteiger partial charge in [0.2, 0.25) is 0 Å². The number of methoxy groups -OCH3 is 1. The number of para-hydroxylation sites is 1. The fraction of sp³-hybridized carbons (Fsp3) is 0.333. The molecule has 2 aromatic rings. The summed E-state index contributed by atoms with van der Waals surface area (Å²) in [5, 5.41) is 3.63. The van der Waals surface area contributed by atoms with Crippen LogP contribution in [0.1, 0.15) is 24.2 Å². The smallest absolute Gasteiger partial charge is 0.124 e. The van der Waals surface area contributed by atoms with Gasteiger partial charge in [-0.2, -0.15) is 0 Å². The predicted octanol–water partition coefficient (Wildman–Crippen LogP) is 3.27. The topological polar surface area (TPSA) is 30.5 Å². The summed E-state index contributed by atoms with van der Waals surface area (Å²) < 4.78 is 11.6. The van der Waals surface area contributed by atoms with Gasteiger partial charge in [0.05, 0.1) is 25.4 Å². The Morgan fingerprint density at radius 3 is 2.48 bits per heavy atom. The molecule has 2 atom stereocenters. The third kappa shape index (κ3) is 2.80. The summed E-state index contributed by atoms with van der Waals surface area (Å²) in [5.74, 6) is 0.882. The minimum absolute atomic E-state index is 0.0259. The second-order valence-corrected chi connectivity index (χ2v) is 5.62. The van der Waals surface area contributed by atoms with Crippen LogP contribution in [0.3, 0.4) is 0 Å². The van der Waals surface area contributed by atoms with Crippen LogP contribution in [0, 0.1) is 0 Å². The van der Waals surface area contributed by atoms with Crippen LogP contribution in [0.5, 0.6) is 5.75 Å². The molecule has 1 aliphatic heterocycles. The van der Waals surface area contributed by atoms with E-state index in [1.54, 1.807) is 7.11 Å². The van der Waals surface area contributed by atoms with Crippen LogP contribution in [-0.4, -0.2) is 20.3 Å². The Hall–Kier alpha value is -1.84. The first-order valence-electron chi connectivity index (χ1n) is 7.28. The number of rotatable bonds is 3. The van der Waals surface area contributed by atoms with Crippen LogP contribution in [0.4, 0.5) is 0 Å². The maximum absolute atomic E-state index is 6.13. The molecule has 0 radical (unpaired) electrons. The zero-order valence-electron chi connectivity index (χ0n) is 12.5. The molecule has 1 fully saturated rings. The molecule has 3 nitrogen and oxygen atoms in total. The lowest BCUT2D eigenvalue weighted by Gasteiger charge is -2.39. The first kappa shape index (κ1) is 14.1. The van der Waals surface area contributed by atoms with E-state index in [-0.39, 0.29) is 11.6 Å². The van der Waals surface area contributed by atoms with Gasteiger partial charge in [-0.25, -0.2) is 0 Å². The van der Waals surface area contributed by atoms with E-state index >= 15 is 0 Å². The molecule has 3 rings (SSSR count). The largest absolute Gasteiger partial charge is 0.496 e. The van der Waals surface area contributed by atoms with Gasteiger partial charge in [-0.05, 0) is 18.6 Å². The van der Waals surface area contributed by atoms with Crippen molar-refractivity contribution in [2.75, 3.05) is 20.3 Å². The minimum atomic E-state index is -0.139. The van der Waals surface area contributed by atoms with E-state index in [0.717, 1.165) is 17.9 Å². The summed E-state index contributed by atoms with van der Waals surface area (Å²) in [4.78, 5) is 0.